The Hall–Kier alpha value is -1.69. The molecule has 1 saturated heterocycles. The van der Waals surface area contributed by atoms with Crippen molar-refractivity contribution in [3.8, 4) is 0 Å². The lowest BCUT2D eigenvalue weighted by Gasteiger charge is -2.33. The average Bonchev–Trinajstić information content (AvgIpc) is 2.40. The van der Waals surface area contributed by atoms with Gasteiger partial charge in [0.05, 0.1) is 6.04 Å². The van der Waals surface area contributed by atoms with E-state index in [2.05, 4.69) is 15.5 Å². The molecule has 6 nitrogen and oxygen atoms in total. The van der Waals surface area contributed by atoms with Crippen molar-refractivity contribution in [1.29, 1.82) is 0 Å². The number of hydrogen-bond donors (Lipinski definition) is 2. The first kappa shape index (κ1) is 12.8. The summed E-state index contributed by atoms with van der Waals surface area (Å²) in [5.74, 6) is 0.822. The van der Waals surface area contributed by atoms with E-state index < -0.39 is 6.04 Å². The molecule has 0 bridgehead atoms. The van der Waals surface area contributed by atoms with Gasteiger partial charge in [0.2, 0.25) is 5.91 Å². The first-order chi connectivity index (χ1) is 8.66. The Morgan fingerprint density at radius 1 is 1.56 bits per heavy atom. The fraction of sp³-hybridized carbons (Fsp3) is 0.583. The lowest BCUT2D eigenvalue weighted by Crippen LogP contribution is -2.48. The zero-order valence-corrected chi connectivity index (χ0v) is 10.5. The summed E-state index contributed by atoms with van der Waals surface area (Å²) in [5, 5.41) is 11.1. The number of hydrogen-bond acceptors (Lipinski definition) is 5. The molecule has 0 aromatic carbocycles. The molecule has 0 aliphatic carbocycles. The fourth-order valence-corrected chi connectivity index (χ4v) is 2.12. The number of nitrogens with one attached hydrogen (secondary N) is 1. The third-order valence-corrected chi connectivity index (χ3v) is 3.12. The van der Waals surface area contributed by atoms with E-state index in [1.807, 2.05) is 17.0 Å². The maximum atomic E-state index is 11.7. The van der Waals surface area contributed by atoms with E-state index in [-0.39, 0.29) is 5.91 Å². The number of amides is 1. The highest BCUT2D eigenvalue weighted by atomic mass is 16.2. The highest BCUT2D eigenvalue weighted by Gasteiger charge is 2.24. The number of aromatic nitrogens is 2. The molecular weight excluding hydrogens is 230 g/mol. The standard InChI is InChI=1S/C12H19N5O/c1-9(13)12(18)17-7-4-10(5-8-17)15-11-3-2-6-14-16-11/h2-3,6,9-10H,4-5,7-8,13H2,1H3,(H,15,16)/t9-/m1/s1. The molecule has 0 saturated carbocycles. The van der Waals surface area contributed by atoms with Gasteiger partial charge in [-0.25, -0.2) is 0 Å². The summed E-state index contributed by atoms with van der Waals surface area (Å²) in [6.07, 6.45) is 3.47. The van der Waals surface area contributed by atoms with E-state index in [0.717, 1.165) is 31.7 Å². The van der Waals surface area contributed by atoms with Gasteiger partial charge in [0.25, 0.3) is 0 Å². The Balaban J connectivity index is 1.82. The topological polar surface area (TPSA) is 84.1 Å². The lowest BCUT2D eigenvalue weighted by molar-refractivity contribution is -0.133. The predicted molar refractivity (Wildman–Crippen MR) is 68.9 cm³/mol. The van der Waals surface area contributed by atoms with E-state index >= 15 is 0 Å². The summed E-state index contributed by atoms with van der Waals surface area (Å²) in [7, 11) is 0. The second-order valence-corrected chi connectivity index (χ2v) is 4.64. The van der Waals surface area contributed by atoms with Gasteiger partial charge in [-0.05, 0) is 31.9 Å². The SMILES string of the molecule is C[C@@H](N)C(=O)N1CCC(Nc2cccnn2)CC1. The zero-order chi connectivity index (χ0) is 13.0. The van der Waals surface area contributed by atoms with Gasteiger partial charge in [-0.2, -0.15) is 5.10 Å². The highest BCUT2D eigenvalue weighted by Crippen LogP contribution is 2.15. The molecule has 2 rings (SSSR count). The van der Waals surface area contributed by atoms with Crippen LogP contribution in [0.4, 0.5) is 5.82 Å². The van der Waals surface area contributed by atoms with Crippen molar-refractivity contribution in [2.24, 2.45) is 5.73 Å². The van der Waals surface area contributed by atoms with E-state index in [4.69, 9.17) is 5.73 Å². The van der Waals surface area contributed by atoms with Crippen molar-refractivity contribution < 1.29 is 4.79 Å². The molecule has 18 heavy (non-hydrogen) atoms. The number of anilines is 1. The molecule has 1 atom stereocenters. The number of carbonyl (C=O) groups is 1. The minimum atomic E-state index is -0.408. The lowest BCUT2D eigenvalue weighted by atomic mass is 10.0. The molecule has 0 unspecified atom stereocenters. The van der Waals surface area contributed by atoms with Gasteiger partial charge in [-0.1, -0.05) is 0 Å². The Morgan fingerprint density at radius 3 is 2.83 bits per heavy atom. The van der Waals surface area contributed by atoms with Crippen LogP contribution in [0.1, 0.15) is 19.8 Å². The van der Waals surface area contributed by atoms with Gasteiger partial charge in [-0.15, -0.1) is 5.10 Å². The van der Waals surface area contributed by atoms with Crippen LogP contribution >= 0.6 is 0 Å². The minimum Gasteiger partial charge on any atom is -0.366 e. The molecule has 1 aliphatic heterocycles. The number of nitrogens with zero attached hydrogens (tertiary/aromatic N) is 3. The first-order valence-corrected chi connectivity index (χ1v) is 6.25. The fourth-order valence-electron chi connectivity index (χ4n) is 2.12. The van der Waals surface area contributed by atoms with Gasteiger partial charge >= 0.3 is 0 Å². The van der Waals surface area contributed by atoms with Crippen LogP contribution in [0, 0.1) is 0 Å². The van der Waals surface area contributed by atoms with Gasteiger partial charge in [0.15, 0.2) is 0 Å². The van der Waals surface area contributed by atoms with Crippen LogP contribution in [0.3, 0.4) is 0 Å². The number of piperidine rings is 1. The summed E-state index contributed by atoms with van der Waals surface area (Å²) >= 11 is 0. The van der Waals surface area contributed by atoms with Crippen LogP contribution in [-0.2, 0) is 4.79 Å². The minimum absolute atomic E-state index is 0.0351. The molecule has 2 heterocycles. The van der Waals surface area contributed by atoms with E-state index in [0.29, 0.717) is 6.04 Å². The van der Waals surface area contributed by atoms with Gasteiger partial charge < -0.3 is 16.0 Å². The highest BCUT2D eigenvalue weighted by molar-refractivity contribution is 5.81. The summed E-state index contributed by atoms with van der Waals surface area (Å²) in [4.78, 5) is 13.6. The molecule has 98 valence electrons. The van der Waals surface area contributed by atoms with Crippen LogP contribution in [0.25, 0.3) is 0 Å². The van der Waals surface area contributed by atoms with Crippen LogP contribution in [0.2, 0.25) is 0 Å². The maximum Gasteiger partial charge on any atom is 0.239 e. The second-order valence-electron chi connectivity index (χ2n) is 4.64. The average molecular weight is 249 g/mol. The van der Waals surface area contributed by atoms with Crippen molar-refractivity contribution >= 4 is 11.7 Å². The maximum absolute atomic E-state index is 11.7. The van der Waals surface area contributed by atoms with Crippen molar-refractivity contribution in [2.45, 2.75) is 31.8 Å². The van der Waals surface area contributed by atoms with Crippen molar-refractivity contribution in [1.82, 2.24) is 15.1 Å². The van der Waals surface area contributed by atoms with Crippen LogP contribution in [-0.4, -0.2) is 46.2 Å². The van der Waals surface area contributed by atoms with Gasteiger partial charge in [0, 0.05) is 25.3 Å². The van der Waals surface area contributed by atoms with Crippen molar-refractivity contribution in [3.05, 3.63) is 18.3 Å². The third-order valence-electron chi connectivity index (χ3n) is 3.12. The van der Waals surface area contributed by atoms with Gasteiger partial charge in [0.1, 0.15) is 5.82 Å². The Bertz CT molecular complexity index is 387. The van der Waals surface area contributed by atoms with E-state index in [1.165, 1.54) is 0 Å². The summed E-state index contributed by atoms with van der Waals surface area (Å²) in [5.41, 5.74) is 5.60. The number of likely N-dealkylation sites (tertiary alicyclic amines) is 1. The van der Waals surface area contributed by atoms with E-state index in [1.54, 1.807) is 13.1 Å². The molecule has 1 aromatic heterocycles. The van der Waals surface area contributed by atoms with Crippen LogP contribution < -0.4 is 11.1 Å². The van der Waals surface area contributed by atoms with Crippen LogP contribution in [0.5, 0.6) is 0 Å². The molecular formula is C12H19N5O. The summed E-state index contributed by atoms with van der Waals surface area (Å²) < 4.78 is 0. The predicted octanol–water partition coefficient (Wildman–Crippen LogP) is 0.227. The number of nitrogens with two attached hydrogens (primary N) is 1. The number of rotatable bonds is 3. The third kappa shape index (κ3) is 3.16. The summed E-state index contributed by atoms with van der Waals surface area (Å²) in [6, 6.07) is 3.68. The first-order valence-electron chi connectivity index (χ1n) is 6.25. The molecule has 1 aromatic rings. The van der Waals surface area contributed by atoms with Gasteiger partial charge in [-0.3, -0.25) is 4.79 Å². The second kappa shape index (κ2) is 5.77. The largest absolute Gasteiger partial charge is 0.366 e. The van der Waals surface area contributed by atoms with Crippen molar-refractivity contribution in [3.63, 3.8) is 0 Å². The normalized spacial score (nSPS) is 18.4. The molecule has 0 radical (unpaired) electrons. The summed E-state index contributed by atoms with van der Waals surface area (Å²) in [6.45, 7) is 3.23. The monoisotopic (exact) mass is 249 g/mol. The Morgan fingerprint density at radius 2 is 2.28 bits per heavy atom. The Kier molecular flexibility index (Phi) is 4.09. The molecule has 6 heteroatoms. The molecule has 1 fully saturated rings. The molecule has 1 amide bonds. The molecule has 0 spiro atoms. The Labute approximate surface area is 107 Å². The quantitative estimate of drug-likeness (QED) is 0.801. The smallest absolute Gasteiger partial charge is 0.239 e. The van der Waals surface area contributed by atoms with Crippen molar-refractivity contribution in [2.75, 3.05) is 18.4 Å². The number of carbonyl (C=O) groups excluding carboxylic acids is 1. The molecule has 1 aliphatic rings. The van der Waals surface area contributed by atoms with E-state index in [9.17, 15) is 4.79 Å². The zero-order valence-electron chi connectivity index (χ0n) is 10.5. The molecule has 3 N–H and O–H groups in total. The van der Waals surface area contributed by atoms with Crippen LogP contribution in [0.15, 0.2) is 18.3 Å².